The zero-order valence-electron chi connectivity index (χ0n) is 6.73. The molecular formula is C6H5BrF3N3S. The average Bonchev–Trinajstić information content (AvgIpc) is 2.47. The molecule has 0 unspecified atom stereocenters. The Morgan fingerprint density at radius 3 is 2.57 bits per heavy atom. The van der Waals surface area contributed by atoms with Gasteiger partial charge in [0.15, 0.2) is 0 Å². The highest BCUT2D eigenvalue weighted by atomic mass is 79.9. The van der Waals surface area contributed by atoms with Gasteiger partial charge in [0.05, 0.1) is 0 Å². The van der Waals surface area contributed by atoms with E-state index in [0.717, 1.165) is 0 Å². The molecular weight excluding hydrogens is 283 g/mol. The summed E-state index contributed by atoms with van der Waals surface area (Å²) in [6.07, 6.45) is -4.43. The SMILES string of the molecule is C=C(Br)CNc1nnc(C(F)(F)F)s1. The second kappa shape index (κ2) is 4.26. The molecule has 0 aromatic carbocycles. The maximum Gasteiger partial charge on any atom is 0.445 e. The molecule has 1 heterocycles. The average molecular weight is 288 g/mol. The molecule has 0 amide bonds. The minimum atomic E-state index is -4.43. The molecule has 78 valence electrons. The Morgan fingerprint density at radius 2 is 2.14 bits per heavy atom. The monoisotopic (exact) mass is 287 g/mol. The summed E-state index contributed by atoms with van der Waals surface area (Å²) < 4.78 is 36.8. The molecule has 0 radical (unpaired) electrons. The first-order valence-corrected chi connectivity index (χ1v) is 4.98. The van der Waals surface area contributed by atoms with Crippen LogP contribution >= 0.6 is 27.3 Å². The minimum Gasteiger partial charge on any atom is -0.355 e. The summed E-state index contributed by atoms with van der Waals surface area (Å²) >= 11 is 3.52. The molecule has 0 spiro atoms. The van der Waals surface area contributed by atoms with Crippen LogP contribution in [0, 0.1) is 0 Å². The van der Waals surface area contributed by atoms with Gasteiger partial charge in [0.1, 0.15) is 0 Å². The van der Waals surface area contributed by atoms with Crippen molar-refractivity contribution in [1.29, 1.82) is 0 Å². The largest absolute Gasteiger partial charge is 0.445 e. The van der Waals surface area contributed by atoms with Gasteiger partial charge in [0.2, 0.25) is 10.1 Å². The number of alkyl halides is 3. The number of rotatable bonds is 3. The number of halogens is 4. The van der Waals surface area contributed by atoms with Crippen molar-refractivity contribution < 1.29 is 13.2 Å². The Bertz CT molecular complexity index is 335. The maximum absolute atomic E-state index is 12.1. The lowest BCUT2D eigenvalue weighted by molar-refractivity contribution is -0.138. The molecule has 0 bridgehead atoms. The zero-order chi connectivity index (χ0) is 10.8. The predicted octanol–water partition coefficient (Wildman–Crippen LogP) is 2.88. The Balaban J connectivity index is 2.64. The lowest BCUT2D eigenvalue weighted by Gasteiger charge is -1.99. The highest BCUT2D eigenvalue weighted by Crippen LogP contribution is 2.32. The van der Waals surface area contributed by atoms with Crippen molar-refractivity contribution in [3.05, 3.63) is 16.1 Å². The van der Waals surface area contributed by atoms with Crippen LogP contribution < -0.4 is 5.32 Å². The molecule has 0 aliphatic heterocycles. The molecule has 0 aliphatic rings. The molecule has 8 heteroatoms. The summed E-state index contributed by atoms with van der Waals surface area (Å²) in [5.74, 6) is 0. The molecule has 14 heavy (non-hydrogen) atoms. The van der Waals surface area contributed by atoms with E-state index in [9.17, 15) is 13.2 Å². The number of hydrogen-bond donors (Lipinski definition) is 1. The van der Waals surface area contributed by atoms with Crippen LogP contribution in [0.2, 0.25) is 0 Å². The minimum absolute atomic E-state index is 0.123. The third-order valence-corrected chi connectivity index (χ3v) is 2.31. The molecule has 1 N–H and O–H groups in total. The number of aromatic nitrogens is 2. The van der Waals surface area contributed by atoms with Crippen LogP contribution in [-0.2, 0) is 6.18 Å². The normalized spacial score (nSPS) is 11.4. The summed E-state index contributed by atoms with van der Waals surface area (Å²) in [5, 5.41) is 8.13. The van der Waals surface area contributed by atoms with E-state index in [1.54, 1.807) is 0 Å². The second-order valence-electron chi connectivity index (χ2n) is 2.28. The van der Waals surface area contributed by atoms with Crippen molar-refractivity contribution >= 4 is 32.4 Å². The zero-order valence-corrected chi connectivity index (χ0v) is 9.13. The summed E-state index contributed by atoms with van der Waals surface area (Å²) in [6.45, 7) is 3.83. The van der Waals surface area contributed by atoms with Gasteiger partial charge in [-0.25, -0.2) is 0 Å². The van der Waals surface area contributed by atoms with E-state index in [1.165, 1.54) is 0 Å². The Hall–Kier alpha value is -0.630. The number of nitrogens with one attached hydrogen (secondary N) is 1. The van der Waals surface area contributed by atoms with E-state index in [0.29, 0.717) is 22.4 Å². The van der Waals surface area contributed by atoms with Crippen LogP contribution in [0.15, 0.2) is 11.1 Å². The van der Waals surface area contributed by atoms with Gasteiger partial charge in [-0.2, -0.15) is 13.2 Å². The molecule has 0 fully saturated rings. The van der Waals surface area contributed by atoms with Crippen LogP contribution in [0.1, 0.15) is 5.01 Å². The van der Waals surface area contributed by atoms with Crippen molar-refractivity contribution in [1.82, 2.24) is 10.2 Å². The molecule has 1 rings (SSSR count). The quantitative estimate of drug-likeness (QED) is 0.929. The van der Waals surface area contributed by atoms with Crippen molar-refractivity contribution in [2.75, 3.05) is 11.9 Å². The van der Waals surface area contributed by atoms with Gasteiger partial charge in [-0.1, -0.05) is 33.8 Å². The summed E-state index contributed by atoms with van der Waals surface area (Å²) in [7, 11) is 0. The molecule has 0 aliphatic carbocycles. The molecule has 3 nitrogen and oxygen atoms in total. The summed E-state index contributed by atoms with van der Waals surface area (Å²) in [4.78, 5) is 0. The van der Waals surface area contributed by atoms with E-state index < -0.39 is 11.2 Å². The van der Waals surface area contributed by atoms with Gasteiger partial charge in [0, 0.05) is 11.0 Å². The van der Waals surface area contributed by atoms with Crippen molar-refractivity contribution in [2.45, 2.75) is 6.18 Å². The predicted molar refractivity (Wildman–Crippen MR) is 51.5 cm³/mol. The third kappa shape index (κ3) is 3.26. The first-order valence-electron chi connectivity index (χ1n) is 3.37. The molecule has 0 saturated carbocycles. The van der Waals surface area contributed by atoms with Gasteiger partial charge < -0.3 is 5.32 Å². The van der Waals surface area contributed by atoms with Crippen molar-refractivity contribution in [3.63, 3.8) is 0 Å². The second-order valence-corrected chi connectivity index (χ2v) is 4.38. The van der Waals surface area contributed by atoms with Crippen molar-refractivity contribution in [3.8, 4) is 0 Å². The van der Waals surface area contributed by atoms with Crippen LogP contribution in [0.4, 0.5) is 18.3 Å². The number of anilines is 1. The Morgan fingerprint density at radius 1 is 1.50 bits per heavy atom. The summed E-state index contributed by atoms with van der Waals surface area (Å²) in [6, 6.07) is 0. The highest BCUT2D eigenvalue weighted by molar-refractivity contribution is 9.11. The van der Waals surface area contributed by atoms with Crippen molar-refractivity contribution in [2.24, 2.45) is 0 Å². The standard InChI is InChI=1S/C6H5BrF3N3S/c1-3(7)2-11-5-13-12-4(14-5)6(8,9)10/h1-2H2,(H,11,13). The van der Waals surface area contributed by atoms with Gasteiger partial charge >= 0.3 is 6.18 Å². The van der Waals surface area contributed by atoms with E-state index in [1.807, 2.05) is 0 Å². The van der Waals surface area contributed by atoms with Crippen LogP contribution in [0.25, 0.3) is 0 Å². The first-order chi connectivity index (χ1) is 6.39. The van der Waals surface area contributed by atoms with Gasteiger partial charge in [-0.15, -0.1) is 10.2 Å². The van der Waals surface area contributed by atoms with E-state index in [2.05, 4.69) is 38.0 Å². The smallest absolute Gasteiger partial charge is 0.355 e. The lowest BCUT2D eigenvalue weighted by Crippen LogP contribution is -2.03. The topological polar surface area (TPSA) is 37.8 Å². The van der Waals surface area contributed by atoms with Gasteiger partial charge in [-0.3, -0.25) is 0 Å². The fraction of sp³-hybridized carbons (Fsp3) is 0.333. The van der Waals surface area contributed by atoms with E-state index >= 15 is 0 Å². The van der Waals surface area contributed by atoms with Crippen LogP contribution in [-0.4, -0.2) is 16.7 Å². The highest BCUT2D eigenvalue weighted by Gasteiger charge is 2.35. The lowest BCUT2D eigenvalue weighted by atomic mass is 10.6. The molecule has 1 aromatic rings. The fourth-order valence-corrected chi connectivity index (χ4v) is 1.33. The van der Waals surface area contributed by atoms with Crippen LogP contribution in [0.5, 0.6) is 0 Å². The third-order valence-electron chi connectivity index (χ3n) is 1.10. The summed E-state index contributed by atoms with van der Waals surface area (Å²) in [5.41, 5.74) is 0. The Kier molecular flexibility index (Phi) is 3.48. The maximum atomic E-state index is 12.1. The molecule has 0 atom stereocenters. The molecule has 0 saturated heterocycles. The molecule has 1 aromatic heterocycles. The first kappa shape index (κ1) is 11.4. The van der Waals surface area contributed by atoms with E-state index in [-0.39, 0.29) is 5.13 Å². The van der Waals surface area contributed by atoms with Gasteiger partial charge in [-0.05, 0) is 0 Å². The number of hydrogen-bond acceptors (Lipinski definition) is 4. The van der Waals surface area contributed by atoms with Crippen LogP contribution in [0.3, 0.4) is 0 Å². The van der Waals surface area contributed by atoms with Gasteiger partial charge in [0.25, 0.3) is 0 Å². The number of nitrogens with zero attached hydrogens (tertiary/aromatic N) is 2. The Labute approximate surface area is 90.2 Å². The van der Waals surface area contributed by atoms with E-state index in [4.69, 9.17) is 0 Å². The fourth-order valence-electron chi connectivity index (χ4n) is 0.581.